The highest BCUT2D eigenvalue weighted by Crippen LogP contribution is 2.22. The number of benzene rings is 1. The Kier molecular flexibility index (Phi) is 7.27. The largest absolute Gasteiger partial charge is 0.480 e. The van der Waals surface area contributed by atoms with Crippen molar-refractivity contribution in [1.29, 1.82) is 5.26 Å². The van der Waals surface area contributed by atoms with E-state index in [1.807, 2.05) is 11.0 Å². The van der Waals surface area contributed by atoms with Gasteiger partial charge in [-0.15, -0.1) is 0 Å². The monoisotopic (exact) mass is 343 g/mol. The first-order valence-electron chi connectivity index (χ1n) is 9.25. The molecule has 0 aromatic heterocycles. The molecule has 1 amide bonds. The lowest BCUT2D eigenvalue weighted by atomic mass is 9.96. The second-order valence-electron chi connectivity index (χ2n) is 6.62. The highest BCUT2D eigenvalue weighted by atomic mass is 16.5. The lowest BCUT2D eigenvalue weighted by Crippen LogP contribution is -2.46. The van der Waals surface area contributed by atoms with Crippen molar-refractivity contribution >= 4 is 5.91 Å². The van der Waals surface area contributed by atoms with E-state index in [1.54, 1.807) is 25.1 Å². The Bertz CT molecular complexity index is 599. The summed E-state index contributed by atoms with van der Waals surface area (Å²) in [5.41, 5.74) is 0.458. The van der Waals surface area contributed by atoms with E-state index in [0.29, 0.717) is 17.2 Å². The molecular formula is C20H29N3O2. The lowest BCUT2D eigenvalue weighted by molar-refractivity contribution is -0.139. The van der Waals surface area contributed by atoms with Gasteiger partial charge in [0.25, 0.3) is 5.91 Å². The van der Waals surface area contributed by atoms with E-state index in [9.17, 15) is 4.79 Å². The van der Waals surface area contributed by atoms with Crippen molar-refractivity contribution in [2.75, 3.05) is 32.7 Å². The summed E-state index contributed by atoms with van der Waals surface area (Å²) in [5.74, 6) is 1.15. The van der Waals surface area contributed by atoms with Crippen LogP contribution in [0.4, 0.5) is 0 Å². The lowest BCUT2D eigenvalue weighted by Gasteiger charge is -2.35. The third kappa shape index (κ3) is 5.20. The van der Waals surface area contributed by atoms with Crippen LogP contribution in [-0.4, -0.2) is 54.5 Å². The minimum atomic E-state index is -0.575. The Balaban J connectivity index is 1.86. The van der Waals surface area contributed by atoms with E-state index < -0.39 is 6.10 Å². The molecule has 0 spiro atoms. The molecule has 5 nitrogen and oxygen atoms in total. The third-order valence-corrected chi connectivity index (χ3v) is 5.00. The highest BCUT2D eigenvalue weighted by molar-refractivity contribution is 5.81. The van der Waals surface area contributed by atoms with Crippen molar-refractivity contribution in [3.05, 3.63) is 29.8 Å². The second kappa shape index (κ2) is 9.43. The molecule has 0 saturated carbocycles. The molecule has 1 aromatic rings. The van der Waals surface area contributed by atoms with Gasteiger partial charge in [0.15, 0.2) is 6.10 Å². The molecule has 25 heavy (non-hydrogen) atoms. The van der Waals surface area contributed by atoms with Crippen molar-refractivity contribution < 1.29 is 9.53 Å². The van der Waals surface area contributed by atoms with Crippen molar-refractivity contribution in [2.45, 2.75) is 39.7 Å². The molecule has 1 heterocycles. The first kappa shape index (κ1) is 19.3. The number of rotatable bonds is 7. The molecule has 0 bridgehead atoms. The van der Waals surface area contributed by atoms with Crippen LogP contribution in [0.15, 0.2) is 24.3 Å². The fraction of sp³-hybridized carbons (Fsp3) is 0.600. The van der Waals surface area contributed by atoms with Gasteiger partial charge in [0.05, 0.1) is 5.56 Å². The Hall–Kier alpha value is -2.06. The topological polar surface area (TPSA) is 56.6 Å². The Morgan fingerprint density at radius 3 is 2.56 bits per heavy atom. The SMILES string of the molecule is CCN(CC)CC1CCN(C(=O)[C@@H](C)Oc2ccccc2C#N)CC1. The number of ether oxygens (including phenoxy) is 1. The van der Waals surface area contributed by atoms with Crippen molar-refractivity contribution in [3.63, 3.8) is 0 Å². The summed E-state index contributed by atoms with van der Waals surface area (Å²) in [6.07, 6.45) is 1.52. The van der Waals surface area contributed by atoms with Crippen LogP contribution in [0.3, 0.4) is 0 Å². The zero-order chi connectivity index (χ0) is 18.2. The zero-order valence-electron chi connectivity index (χ0n) is 15.6. The first-order valence-corrected chi connectivity index (χ1v) is 9.25. The van der Waals surface area contributed by atoms with Gasteiger partial charge in [0.1, 0.15) is 11.8 Å². The number of piperidine rings is 1. The van der Waals surface area contributed by atoms with Crippen molar-refractivity contribution in [3.8, 4) is 11.8 Å². The molecule has 0 N–H and O–H groups in total. The average molecular weight is 343 g/mol. The van der Waals surface area contributed by atoms with Gasteiger partial charge in [0.2, 0.25) is 0 Å². The maximum atomic E-state index is 12.7. The fourth-order valence-electron chi connectivity index (χ4n) is 3.34. The molecule has 1 aliphatic rings. The molecule has 5 heteroatoms. The minimum Gasteiger partial charge on any atom is -0.480 e. The zero-order valence-corrected chi connectivity index (χ0v) is 15.6. The van der Waals surface area contributed by atoms with Crippen LogP contribution < -0.4 is 4.74 Å². The van der Waals surface area contributed by atoms with Crippen molar-refractivity contribution in [1.82, 2.24) is 9.80 Å². The molecule has 0 unspecified atom stereocenters. The van der Waals surface area contributed by atoms with E-state index >= 15 is 0 Å². The van der Waals surface area contributed by atoms with Crippen LogP contribution in [-0.2, 0) is 4.79 Å². The summed E-state index contributed by atoms with van der Waals surface area (Å²) in [5, 5.41) is 9.13. The van der Waals surface area contributed by atoms with Crippen LogP contribution in [0.5, 0.6) is 5.75 Å². The minimum absolute atomic E-state index is 0.00836. The second-order valence-corrected chi connectivity index (χ2v) is 6.62. The van der Waals surface area contributed by atoms with Gasteiger partial charge < -0.3 is 14.5 Å². The highest BCUT2D eigenvalue weighted by Gasteiger charge is 2.27. The van der Waals surface area contributed by atoms with Crippen LogP contribution in [0.1, 0.15) is 39.2 Å². The Labute approximate surface area is 151 Å². The summed E-state index contributed by atoms with van der Waals surface area (Å²) in [6.45, 7) is 11.0. The number of hydrogen-bond donors (Lipinski definition) is 0. The standard InChI is InChI=1S/C20H29N3O2/c1-4-22(5-2)15-17-10-12-23(13-11-17)20(24)16(3)25-19-9-7-6-8-18(19)14-21/h6-9,16-17H,4-5,10-13,15H2,1-3H3/t16-/m1/s1. The van der Waals surface area contributed by atoms with E-state index in [1.165, 1.54) is 0 Å². The van der Waals surface area contributed by atoms with E-state index in [-0.39, 0.29) is 5.91 Å². The molecule has 1 atom stereocenters. The van der Waals surface area contributed by atoms with Crippen LogP contribution in [0, 0.1) is 17.2 Å². The predicted molar refractivity (Wildman–Crippen MR) is 98.3 cm³/mol. The number of carbonyl (C=O) groups is 1. The van der Waals surface area contributed by atoms with Crippen molar-refractivity contribution in [2.24, 2.45) is 5.92 Å². The predicted octanol–water partition coefficient (Wildman–Crippen LogP) is 2.91. The number of hydrogen-bond acceptors (Lipinski definition) is 4. The summed E-state index contributed by atoms with van der Waals surface area (Å²) in [7, 11) is 0. The Morgan fingerprint density at radius 1 is 1.32 bits per heavy atom. The number of carbonyl (C=O) groups excluding carboxylic acids is 1. The van der Waals surface area contributed by atoms with Crippen LogP contribution in [0.2, 0.25) is 0 Å². The summed E-state index contributed by atoms with van der Waals surface area (Å²) >= 11 is 0. The maximum absolute atomic E-state index is 12.7. The number of likely N-dealkylation sites (tertiary alicyclic amines) is 1. The van der Waals surface area contributed by atoms with Gasteiger partial charge in [-0.05, 0) is 50.9 Å². The third-order valence-electron chi connectivity index (χ3n) is 5.00. The normalized spacial score (nSPS) is 16.5. The number of amides is 1. The molecule has 1 aliphatic heterocycles. The quantitative estimate of drug-likeness (QED) is 0.764. The van der Waals surface area contributed by atoms with Gasteiger partial charge >= 0.3 is 0 Å². The number of para-hydroxylation sites is 1. The van der Waals surface area contributed by atoms with Crippen LogP contribution >= 0.6 is 0 Å². The summed E-state index contributed by atoms with van der Waals surface area (Å²) < 4.78 is 5.76. The fourth-order valence-corrected chi connectivity index (χ4v) is 3.34. The smallest absolute Gasteiger partial charge is 0.263 e. The van der Waals surface area contributed by atoms with Gasteiger partial charge in [-0.2, -0.15) is 5.26 Å². The van der Waals surface area contributed by atoms with Gasteiger partial charge in [-0.1, -0.05) is 26.0 Å². The first-order chi connectivity index (χ1) is 12.1. The summed E-state index contributed by atoms with van der Waals surface area (Å²) in [4.78, 5) is 17.0. The van der Waals surface area contributed by atoms with E-state index in [0.717, 1.165) is 45.6 Å². The number of nitrogens with zero attached hydrogens (tertiary/aromatic N) is 3. The van der Waals surface area contributed by atoms with Gasteiger partial charge in [-0.25, -0.2) is 0 Å². The maximum Gasteiger partial charge on any atom is 0.263 e. The van der Waals surface area contributed by atoms with E-state index in [2.05, 4.69) is 24.8 Å². The molecule has 0 radical (unpaired) electrons. The molecule has 1 fully saturated rings. The Morgan fingerprint density at radius 2 is 1.96 bits per heavy atom. The summed E-state index contributed by atoms with van der Waals surface area (Å²) in [6, 6.07) is 9.14. The molecule has 2 rings (SSSR count). The molecular weight excluding hydrogens is 314 g/mol. The van der Waals surface area contributed by atoms with E-state index in [4.69, 9.17) is 10.00 Å². The molecule has 1 saturated heterocycles. The average Bonchev–Trinajstić information content (AvgIpc) is 2.66. The molecule has 136 valence electrons. The molecule has 1 aromatic carbocycles. The molecule has 0 aliphatic carbocycles. The van der Waals surface area contributed by atoms with Crippen LogP contribution in [0.25, 0.3) is 0 Å². The van der Waals surface area contributed by atoms with Gasteiger partial charge in [0, 0.05) is 19.6 Å². The number of nitriles is 1. The van der Waals surface area contributed by atoms with Gasteiger partial charge in [-0.3, -0.25) is 4.79 Å².